The van der Waals surface area contributed by atoms with Crippen molar-refractivity contribution in [3.8, 4) is 0 Å². The van der Waals surface area contributed by atoms with Crippen LogP contribution in [0, 0.1) is 5.92 Å². The van der Waals surface area contributed by atoms with Gasteiger partial charge in [-0.15, -0.1) is 0 Å². The van der Waals surface area contributed by atoms with Crippen molar-refractivity contribution in [2.24, 2.45) is 5.92 Å². The molecule has 2 amide bonds. The quantitative estimate of drug-likeness (QED) is 0.722. The summed E-state index contributed by atoms with van der Waals surface area (Å²) in [6.45, 7) is 4.12. The van der Waals surface area contributed by atoms with E-state index in [0.29, 0.717) is 31.7 Å². The Morgan fingerprint density at radius 3 is 2.23 bits per heavy atom. The minimum atomic E-state index is -3.72. The van der Waals surface area contributed by atoms with Crippen LogP contribution < -0.4 is 9.21 Å². The summed E-state index contributed by atoms with van der Waals surface area (Å²) < 4.78 is 25.4. The largest absolute Gasteiger partial charge is 0.368 e. The number of carbonyl (C=O) groups excluding carboxylic acids is 2. The first-order chi connectivity index (χ1) is 14.3. The number of piperazine rings is 1. The van der Waals surface area contributed by atoms with Gasteiger partial charge in [0.2, 0.25) is 15.9 Å². The number of benzene rings is 2. The van der Waals surface area contributed by atoms with E-state index >= 15 is 0 Å². The number of nitrogens with zero attached hydrogens (tertiary/aromatic N) is 3. The SMILES string of the molecule is CC1CS(=O)(=O)N(c2ccc(C(=O)N3CCN(c4ccccc4)CC3)c(Cl)c2)C1=O. The Labute approximate surface area is 180 Å². The zero-order chi connectivity index (χ0) is 21.5. The predicted molar refractivity (Wildman–Crippen MR) is 116 cm³/mol. The monoisotopic (exact) mass is 447 g/mol. The fourth-order valence-corrected chi connectivity index (χ4v) is 5.94. The number of anilines is 2. The van der Waals surface area contributed by atoms with Crippen molar-refractivity contribution in [1.82, 2.24) is 4.90 Å². The van der Waals surface area contributed by atoms with Gasteiger partial charge in [-0.1, -0.05) is 36.7 Å². The molecule has 2 heterocycles. The van der Waals surface area contributed by atoms with E-state index in [4.69, 9.17) is 11.6 Å². The number of hydrogen-bond acceptors (Lipinski definition) is 5. The van der Waals surface area contributed by atoms with Crippen molar-refractivity contribution in [3.63, 3.8) is 0 Å². The van der Waals surface area contributed by atoms with Gasteiger partial charge in [0, 0.05) is 31.9 Å². The van der Waals surface area contributed by atoms with Gasteiger partial charge < -0.3 is 9.80 Å². The molecule has 0 saturated carbocycles. The van der Waals surface area contributed by atoms with Crippen LogP contribution in [0.4, 0.5) is 11.4 Å². The third kappa shape index (κ3) is 3.77. The Kier molecular flexibility index (Phi) is 5.46. The van der Waals surface area contributed by atoms with Crippen LogP contribution >= 0.6 is 11.6 Å². The third-order valence-electron chi connectivity index (χ3n) is 5.47. The molecule has 2 aromatic carbocycles. The van der Waals surface area contributed by atoms with Crippen LogP contribution in [0.1, 0.15) is 17.3 Å². The van der Waals surface area contributed by atoms with E-state index in [2.05, 4.69) is 4.90 Å². The summed E-state index contributed by atoms with van der Waals surface area (Å²) in [6, 6.07) is 14.4. The molecule has 0 aliphatic carbocycles. The molecule has 2 aromatic rings. The molecule has 0 N–H and O–H groups in total. The van der Waals surface area contributed by atoms with Crippen LogP contribution in [-0.2, 0) is 14.8 Å². The fraction of sp³-hybridized carbons (Fsp3) is 0.333. The zero-order valence-corrected chi connectivity index (χ0v) is 18.1. The van der Waals surface area contributed by atoms with Crippen LogP contribution in [0.2, 0.25) is 5.02 Å². The Bertz CT molecular complexity index is 1080. The normalized spacial score (nSPS) is 21.2. The number of hydrogen-bond donors (Lipinski definition) is 0. The zero-order valence-electron chi connectivity index (χ0n) is 16.5. The first-order valence-corrected chi connectivity index (χ1v) is 11.7. The molecule has 2 aliphatic rings. The molecular formula is C21H22ClN3O4S. The molecule has 30 heavy (non-hydrogen) atoms. The Balaban J connectivity index is 1.49. The Hall–Kier alpha value is -2.58. The highest BCUT2D eigenvalue weighted by Gasteiger charge is 2.42. The number of halogens is 1. The van der Waals surface area contributed by atoms with Gasteiger partial charge in [-0.2, -0.15) is 0 Å². The highest BCUT2D eigenvalue weighted by Crippen LogP contribution is 2.32. The van der Waals surface area contributed by atoms with Crippen molar-refractivity contribution in [3.05, 3.63) is 59.1 Å². The van der Waals surface area contributed by atoms with Crippen molar-refractivity contribution >= 4 is 44.8 Å². The van der Waals surface area contributed by atoms with E-state index in [1.165, 1.54) is 18.2 Å². The molecule has 0 bridgehead atoms. The first-order valence-electron chi connectivity index (χ1n) is 9.73. The van der Waals surface area contributed by atoms with Crippen molar-refractivity contribution < 1.29 is 18.0 Å². The van der Waals surface area contributed by atoms with Crippen molar-refractivity contribution in [2.45, 2.75) is 6.92 Å². The van der Waals surface area contributed by atoms with Crippen LogP contribution in [-0.4, -0.2) is 57.1 Å². The average Bonchev–Trinajstić information content (AvgIpc) is 2.94. The number of sulfonamides is 1. The van der Waals surface area contributed by atoms with E-state index in [0.717, 1.165) is 9.99 Å². The van der Waals surface area contributed by atoms with Gasteiger partial charge >= 0.3 is 0 Å². The van der Waals surface area contributed by atoms with Gasteiger partial charge in [0.15, 0.2) is 0 Å². The maximum atomic E-state index is 13.0. The fourth-order valence-electron chi connectivity index (χ4n) is 3.87. The topological polar surface area (TPSA) is 78.0 Å². The minimum absolute atomic E-state index is 0.130. The summed E-state index contributed by atoms with van der Waals surface area (Å²) in [4.78, 5) is 29.2. The van der Waals surface area contributed by atoms with Crippen LogP contribution in [0.5, 0.6) is 0 Å². The molecule has 1 unspecified atom stereocenters. The summed E-state index contributed by atoms with van der Waals surface area (Å²) in [5, 5.41) is 0.130. The van der Waals surface area contributed by atoms with E-state index in [1.807, 2.05) is 30.3 Å². The average molecular weight is 448 g/mol. The molecule has 4 rings (SSSR count). The standard InChI is InChI=1S/C21H22ClN3O4S/c1-15-14-30(28,29)25(20(15)26)17-7-8-18(19(22)13-17)21(27)24-11-9-23(10-12-24)16-5-3-2-4-6-16/h2-8,13,15H,9-12,14H2,1H3. The highest BCUT2D eigenvalue weighted by molar-refractivity contribution is 7.94. The summed E-state index contributed by atoms with van der Waals surface area (Å²) in [6.07, 6.45) is 0. The van der Waals surface area contributed by atoms with Gasteiger partial charge in [0.25, 0.3) is 5.91 Å². The minimum Gasteiger partial charge on any atom is -0.368 e. The lowest BCUT2D eigenvalue weighted by Gasteiger charge is -2.36. The van der Waals surface area contributed by atoms with Gasteiger partial charge in [0.05, 0.1) is 27.9 Å². The molecule has 9 heteroatoms. The van der Waals surface area contributed by atoms with Gasteiger partial charge in [-0.3, -0.25) is 9.59 Å². The summed E-state index contributed by atoms with van der Waals surface area (Å²) in [5.41, 5.74) is 1.59. The molecule has 2 fully saturated rings. The van der Waals surface area contributed by atoms with E-state index in [-0.39, 0.29) is 22.4 Å². The molecule has 0 radical (unpaired) electrons. The second-order valence-corrected chi connectivity index (χ2v) is 9.83. The smallest absolute Gasteiger partial charge is 0.255 e. The third-order valence-corrected chi connectivity index (χ3v) is 7.65. The van der Waals surface area contributed by atoms with Gasteiger partial charge in [-0.25, -0.2) is 12.7 Å². The maximum absolute atomic E-state index is 13.0. The molecule has 0 spiro atoms. The molecule has 0 aromatic heterocycles. The number of amides is 2. The lowest BCUT2D eigenvalue weighted by molar-refractivity contribution is -0.119. The van der Waals surface area contributed by atoms with Crippen molar-refractivity contribution in [2.75, 3.05) is 41.1 Å². The Morgan fingerprint density at radius 1 is 1.00 bits per heavy atom. The van der Waals surface area contributed by atoms with Crippen LogP contribution in [0.25, 0.3) is 0 Å². The molecule has 158 valence electrons. The Morgan fingerprint density at radius 2 is 1.67 bits per heavy atom. The maximum Gasteiger partial charge on any atom is 0.255 e. The highest BCUT2D eigenvalue weighted by atomic mass is 35.5. The van der Waals surface area contributed by atoms with E-state index in [1.54, 1.807) is 11.8 Å². The lowest BCUT2D eigenvalue weighted by Crippen LogP contribution is -2.48. The molecular weight excluding hydrogens is 426 g/mol. The second-order valence-electron chi connectivity index (χ2n) is 7.56. The van der Waals surface area contributed by atoms with Gasteiger partial charge in [0.1, 0.15) is 0 Å². The van der Waals surface area contributed by atoms with E-state index in [9.17, 15) is 18.0 Å². The van der Waals surface area contributed by atoms with Crippen LogP contribution in [0.3, 0.4) is 0 Å². The first kappa shape index (κ1) is 20.7. The molecule has 2 aliphatic heterocycles. The predicted octanol–water partition coefficient (Wildman–Crippen LogP) is 2.61. The molecule has 2 saturated heterocycles. The molecule has 1 atom stereocenters. The van der Waals surface area contributed by atoms with Gasteiger partial charge in [-0.05, 0) is 30.3 Å². The number of rotatable bonds is 3. The summed E-state index contributed by atoms with van der Waals surface area (Å²) in [5.74, 6) is -1.52. The van der Waals surface area contributed by atoms with Crippen LogP contribution in [0.15, 0.2) is 48.5 Å². The van der Waals surface area contributed by atoms with E-state index < -0.39 is 21.8 Å². The molecule has 7 nitrogen and oxygen atoms in total. The number of carbonyl (C=O) groups is 2. The number of para-hydroxylation sites is 1. The lowest BCUT2D eigenvalue weighted by atomic mass is 10.1. The summed E-state index contributed by atoms with van der Waals surface area (Å²) >= 11 is 6.33. The van der Waals surface area contributed by atoms with Crippen molar-refractivity contribution in [1.29, 1.82) is 0 Å². The summed E-state index contributed by atoms with van der Waals surface area (Å²) in [7, 11) is -3.72. The second kappa shape index (κ2) is 7.92.